The van der Waals surface area contributed by atoms with Gasteiger partial charge in [-0.05, 0) is 24.1 Å². The van der Waals surface area contributed by atoms with Crippen LogP contribution in [-0.4, -0.2) is 6.72 Å². The topological polar surface area (TPSA) is 12.4 Å². The van der Waals surface area contributed by atoms with E-state index >= 15 is 0 Å². The fourth-order valence-corrected chi connectivity index (χ4v) is 0.990. The second kappa shape index (κ2) is 3.71. The summed E-state index contributed by atoms with van der Waals surface area (Å²) in [5.41, 5.74) is 0. The van der Waals surface area contributed by atoms with Gasteiger partial charge in [-0.1, -0.05) is 30.3 Å². The average molecular weight is 145 g/mol. The Kier molecular flexibility index (Phi) is 2.61. The summed E-state index contributed by atoms with van der Waals surface area (Å²) in [6, 6.07) is 8.07. The van der Waals surface area contributed by atoms with E-state index in [4.69, 9.17) is 0 Å². The van der Waals surface area contributed by atoms with Crippen molar-refractivity contribution in [1.82, 2.24) is 0 Å². The van der Waals surface area contributed by atoms with Crippen molar-refractivity contribution in [3.63, 3.8) is 0 Å². The standard InChI is InChI=1S/C10H11N/c1-3-9-6-4-5-7-10(9)8-11-2/h3-8H,2H2,1H3/b9-3-,10-8-. The highest BCUT2D eigenvalue weighted by atomic mass is 14.6. The Labute approximate surface area is 66.4 Å². The van der Waals surface area contributed by atoms with Crippen molar-refractivity contribution in [3.05, 3.63) is 34.7 Å². The number of hydrogen-bond acceptors (Lipinski definition) is 1. The van der Waals surface area contributed by atoms with Crippen LogP contribution in [0.3, 0.4) is 0 Å². The Morgan fingerprint density at radius 3 is 2.45 bits per heavy atom. The molecule has 1 rings (SSSR count). The zero-order valence-electron chi connectivity index (χ0n) is 6.62. The van der Waals surface area contributed by atoms with E-state index in [2.05, 4.69) is 23.9 Å². The lowest BCUT2D eigenvalue weighted by Crippen LogP contribution is -2.22. The molecule has 0 heterocycles. The number of nitrogens with zero attached hydrogens (tertiary/aromatic N) is 1. The van der Waals surface area contributed by atoms with Gasteiger partial charge < -0.3 is 0 Å². The third-order valence-corrected chi connectivity index (χ3v) is 1.54. The molecule has 0 unspecified atom stereocenters. The molecule has 0 N–H and O–H groups in total. The van der Waals surface area contributed by atoms with Crippen molar-refractivity contribution in [3.8, 4) is 0 Å². The Bertz CT molecular complexity index is 349. The molecule has 0 aliphatic carbocycles. The Hall–Kier alpha value is -1.37. The van der Waals surface area contributed by atoms with Crippen LogP contribution < -0.4 is 10.4 Å². The van der Waals surface area contributed by atoms with Crippen LogP contribution in [0.15, 0.2) is 29.3 Å². The zero-order valence-corrected chi connectivity index (χ0v) is 6.62. The highest BCUT2D eigenvalue weighted by Crippen LogP contribution is 1.72. The predicted molar refractivity (Wildman–Crippen MR) is 49.8 cm³/mol. The molecule has 0 fully saturated rings. The molecule has 0 saturated carbocycles. The van der Waals surface area contributed by atoms with Crippen molar-refractivity contribution >= 4 is 19.0 Å². The minimum atomic E-state index is 1.12. The largest absolute Gasteiger partial charge is 0.272 e. The minimum absolute atomic E-state index is 1.12. The van der Waals surface area contributed by atoms with Crippen LogP contribution in [0.4, 0.5) is 0 Å². The second-order valence-electron chi connectivity index (χ2n) is 2.23. The van der Waals surface area contributed by atoms with E-state index in [9.17, 15) is 0 Å². The normalized spacial score (nSPS) is 13.5. The summed E-state index contributed by atoms with van der Waals surface area (Å²) in [4.78, 5) is 3.72. The molecule has 0 amide bonds. The minimum Gasteiger partial charge on any atom is -0.272 e. The smallest absolute Gasteiger partial charge is 0.0338 e. The fraction of sp³-hybridized carbons (Fsp3) is 0.100. The lowest BCUT2D eigenvalue weighted by Gasteiger charge is -1.85. The van der Waals surface area contributed by atoms with Crippen LogP contribution in [0, 0.1) is 0 Å². The van der Waals surface area contributed by atoms with Gasteiger partial charge in [0.15, 0.2) is 0 Å². The van der Waals surface area contributed by atoms with Gasteiger partial charge in [-0.2, -0.15) is 0 Å². The van der Waals surface area contributed by atoms with Gasteiger partial charge in [-0.25, -0.2) is 0 Å². The number of benzene rings is 1. The molecule has 0 radical (unpaired) electrons. The van der Waals surface area contributed by atoms with Crippen molar-refractivity contribution in [2.45, 2.75) is 6.92 Å². The van der Waals surface area contributed by atoms with Gasteiger partial charge >= 0.3 is 0 Å². The first-order chi connectivity index (χ1) is 5.38. The maximum absolute atomic E-state index is 3.72. The van der Waals surface area contributed by atoms with E-state index in [0.29, 0.717) is 0 Å². The Morgan fingerprint density at radius 2 is 1.91 bits per heavy atom. The molecule has 0 saturated heterocycles. The summed E-state index contributed by atoms with van der Waals surface area (Å²) in [6.45, 7) is 5.42. The van der Waals surface area contributed by atoms with E-state index in [0.717, 1.165) is 5.22 Å². The van der Waals surface area contributed by atoms with Gasteiger partial charge in [0.1, 0.15) is 0 Å². The van der Waals surface area contributed by atoms with Crippen molar-refractivity contribution < 1.29 is 0 Å². The van der Waals surface area contributed by atoms with E-state index in [1.54, 1.807) is 6.20 Å². The summed E-state index contributed by atoms with van der Waals surface area (Å²) in [5, 5.41) is 2.31. The predicted octanol–water partition coefficient (Wildman–Crippen LogP) is 0.926. The molecule has 11 heavy (non-hydrogen) atoms. The maximum Gasteiger partial charge on any atom is 0.0338 e. The van der Waals surface area contributed by atoms with Gasteiger partial charge in [0.05, 0.1) is 0 Å². The van der Waals surface area contributed by atoms with Gasteiger partial charge in [0, 0.05) is 6.20 Å². The summed E-state index contributed by atoms with van der Waals surface area (Å²) < 4.78 is 0. The molecule has 0 aromatic heterocycles. The van der Waals surface area contributed by atoms with Gasteiger partial charge in [-0.3, -0.25) is 4.99 Å². The van der Waals surface area contributed by atoms with Crippen LogP contribution in [-0.2, 0) is 0 Å². The van der Waals surface area contributed by atoms with Crippen LogP contribution in [0.1, 0.15) is 6.92 Å². The summed E-state index contributed by atoms with van der Waals surface area (Å²) >= 11 is 0. The first-order valence-electron chi connectivity index (χ1n) is 3.56. The molecule has 1 nitrogen and oxygen atoms in total. The number of rotatable bonds is 1. The molecule has 0 atom stereocenters. The first kappa shape index (κ1) is 7.73. The monoisotopic (exact) mass is 145 g/mol. The molecule has 1 aromatic rings. The molecule has 0 spiro atoms. The van der Waals surface area contributed by atoms with Crippen LogP contribution in [0.5, 0.6) is 0 Å². The summed E-state index contributed by atoms with van der Waals surface area (Å²) in [7, 11) is 0. The Balaban J connectivity index is 3.48. The van der Waals surface area contributed by atoms with Gasteiger partial charge in [0.25, 0.3) is 0 Å². The van der Waals surface area contributed by atoms with Crippen molar-refractivity contribution in [2.75, 3.05) is 0 Å². The lowest BCUT2D eigenvalue weighted by molar-refractivity contribution is 1.48. The average Bonchev–Trinajstić information content (AvgIpc) is 2.06. The summed E-state index contributed by atoms with van der Waals surface area (Å²) in [5.74, 6) is 0. The molecule has 1 aromatic carbocycles. The molecular weight excluding hydrogens is 134 g/mol. The quantitative estimate of drug-likeness (QED) is 0.521. The first-order valence-corrected chi connectivity index (χ1v) is 3.56. The van der Waals surface area contributed by atoms with Crippen LogP contribution in [0.25, 0.3) is 12.3 Å². The third-order valence-electron chi connectivity index (χ3n) is 1.54. The highest BCUT2D eigenvalue weighted by Gasteiger charge is 1.78. The number of hydrogen-bond donors (Lipinski definition) is 0. The second-order valence-corrected chi connectivity index (χ2v) is 2.23. The molecule has 1 heteroatoms. The number of aliphatic imine (C=N–C) groups is 1. The van der Waals surface area contributed by atoms with Crippen LogP contribution >= 0.6 is 0 Å². The van der Waals surface area contributed by atoms with E-state index in [1.807, 2.05) is 25.1 Å². The zero-order chi connectivity index (χ0) is 8.10. The highest BCUT2D eigenvalue weighted by molar-refractivity contribution is 5.38. The molecule has 0 aliphatic heterocycles. The molecule has 56 valence electrons. The van der Waals surface area contributed by atoms with Gasteiger partial charge in [0.2, 0.25) is 0 Å². The molecular formula is C10H11N. The maximum atomic E-state index is 3.72. The van der Waals surface area contributed by atoms with E-state index in [-0.39, 0.29) is 0 Å². The van der Waals surface area contributed by atoms with Crippen LogP contribution in [0.2, 0.25) is 0 Å². The lowest BCUT2D eigenvalue weighted by atomic mass is 10.2. The fourth-order valence-electron chi connectivity index (χ4n) is 0.990. The summed E-state index contributed by atoms with van der Waals surface area (Å²) in [6.07, 6.45) is 3.81. The van der Waals surface area contributed by atoms with E-state index < -0.39 is 0 Å². The van der Waals surface area contributed by atoms with Crippen molar-refractivity contribution in [2.24, 2.45) is 4.99 Å². The van der Waals surface area contributed by atoms with Crippen molar-refractivity contribution in [1.29, 1.82) is 0 Å². The SMILES string of the molecule is C=N/C=c1/cccc/c1=C/C. The van der Waals surface area contributed by atoms with E-state index in [1.165, 1.54) is 5.22 Å². The third kappa shape index (κ3) is 1.77. The molecule has 0 bridgehead atoms. The Morgan fingerprint density at radius 1 is 1.27 bits per heavy atom. The van der Waals surface area contributed by atoms with Gasteiger partial charge in [-0.15, -0.1) is 0 Å². The molecule has 0 aliphatic rings.